The number of ketones is 1. The van der Waals surface area contributed by atoms with Gasteiger partial charge < -0.3 is 19.3 Å². The van der Waals surface area contributed by atoms with Gasteiger partial charge >= 0.3 is 6.61 Å². The number of phenols is 1. The van der Waals surface area contributed by atoms with Gasteiger partial charge in [-0.25, -0.2) is 4.99 Å². The number of nitrogens with zero attached hydrogens (tertiary/aromatic N) is 2. The number of thioether (sulfide) groups is 1. The number of rotatable bonds is 10. The van der Waals surface area contributed by atoms with Crippen molar-refractivity contribution in [1.29, 1.82) is 0 Å². The van der Waals surface area contributed by atoms with Gasteiger partial charge in [0, 0.05) is 5.56 Å². The molecule has 0 unspecified atom stereocenters. The molecule has 39 heavy (non-hydrogen) atoms. The van der Waals surface area contributed by atoms with Gasteiger partial charge in [-0.15, -0.1) is 0 Å². The Morgan fingerprint density at radius 3 is 2.41 bits per heavy atom. The van der Waals surface area contributed by atoms with E-state index in [0.717, 1.165) is 11.8 Å². The maximum Gasteiger partial charge on any atom is 0.387 e. The van der Waals surface area contributed by atoms with Gasteiger partial charge in [0.05, 0.1) is 25.2 Å². The van der Waals surface area contributed by atoms with Gasteiger partial charge in [-0.05, 0) is 79.2 Å². The molecule has 0 aromatic heterocycles. The summed E-state index contributed by atoms with van der Waals surface area (Å²) in [6, 6.07) is 16.8. The lowest BCUT2D eigenvalue weighted by molar-refractivity contribution is -0.113. The van der Waals surface area contributed by atoms with Crippen LogP contribution < -0.4 is 19.1 Å². The highest BCUT2D eigenvalue weighted by Crippen LogP contribution is 2.33. The summed E-state index contributed by atoms with van der Waals surface area (Å²) in [5.74, 6) is 0.0894. The fraction of sp³-hybridized carbons (Fsp3) is 0.179. The molecule has 0 atom stereocenters. The Bertz CT molecular complexity index is 1410. The summed E-state index contributed by atoms with van der Waals surface area (Å²) in [6.07, 6.45) is 1.53. The number of halogens is 2. The molecule has 0 bridgehead atoms. The molecule has 0 fully saturated rings. The van der Waals surface area contributed by atoms with Crippen molar-refractivity contribution in [3.63, 3.8) is 0 Å². The summed E-state index contributed by atoms with van der Waals surface area (Å²) >= 11 is 1.06. The van der Waals surface area contributed by atoms with Gasteiger partial charge in [0.1, 0.15) is 17.2 Å². The zero-order chi connectivity index (χ0) is 27.9. The number of benzene rings is 3. The number of aliphatic imine (C=N–C) groups is 1. The summed E-state index contributed by atoms with van der Waals surface area (Å²) in [6.45, 7) is -0.865. The molecule has 0 spiro atoms. The average molecular weight is 555 g/mol. The fourth-order valence-electron chi connectivity index (χ4n) is 3.64. The molecular formula is C28H24F2N2O6S. The van der Waals surface area contributed by atoms with E-state index in [2.05, 4.69) is 9.73 Å². The molecule has 8 nitrogen and oxygen atoms in total. The van der Waals surface area contributed by atoms with Crippen molar-refractivity contribution in [2.75, 3.05) is 24.4 Å². The van der Waals surface area contributed by atoms with Crippen molar-refractivity contribution in [1.82, 2.24) is 0 Å². The zero-order valence-corrected chi connectivity index (χ0v) is 21.8. The quantitative estimate of drug-likeness (QED) is 0.251. The number of carbonyl (C=O) groups excluding carboxylic acids is 2. The van der Waals surface area contributed by atoms with E-state index in [1.54, 1.807) is 43.3 Å². The van der Waals surface area contributed by atoms with Crippen LogP contribution in [0, 0.1) is 0 Å². The molecule has 1 N–H and O–H groups in total. The minimum atomic E-state index is -2.98. The van der Waals surface area contributed by atoms with Gasteiger partial charge in [0.2, 0.25) is 0 Å². The molecule has 11 heteroatoms. The van der Waals surface area contributed by atoms with Crippen LogP contribution in [0.15, 0.2) is 77.4 Å². The second kappa shape index (κ2) is 12.4. The smallest absolute Gasteiger partial charge is 0.387 e. The summed E-state index contributed by atoms with van der Waals surface area (Å²) < 4.78 is 40.1. The predicted molar refractivity (Wildman–Crippen MR) is 145 cm³/mol. The first kappa shape index (κ1) is 27.6. The summed E-state index contributed by atoms with van der Waals surface area (Å²) in [7, 11) is 1.53. The third kappa shape index (κ3) is 6.74. The van der Waals surface area contributed by atoms with E-state index in [9.17, 15) is 23.5 Å². The van der Waals surface area contributed by atoms with Crippen LogP contribution in [0.25, 0.3) is 6.08 Å². The number of anilines is 1. The molecule has 202 valence electrons. The largest absolute Gasteiger partial charge is 0.504 e. The first-order valence-corrected chi connectivity index (χ1v) is 12.7. The minimum Gasteiger partial charge on any atom is -0.504 e. The minimum absolute atomic E-state index is 0.0114. The van der Waals surface area contributed by atoms with E-state index in [0.29, 0.717) is 29.2 Å². The van der Waals surface area contributed by atoms with Crippen LogP contribution in [0.4, 0.5) is 14.5 Å². The summed E-state index contributed by atoms with van der Waals surface area (Å²) in [5.41, 5.74) is 1.46. The Hall–Kier alpha value is -4.38. The van der Waals surface area contributed by atoms with E-state index in [4.69, 9.17) is 9.47 Å². The number of Topliss-reactive ketones (excluding diaryl/α,β-unsaturated/α-hetero) is 1. The lowest BCUT2D eigenvalue weighted by atomic mass is 10.1. The van der Waals surface area contributed by atoms with Crippen molar-refractivity contribution in [3.8, 4) is 23.0 Å². The van der Waals surface area contributed by atoms with Crippen molar-refractivity contribution in [2.24, 2.45) is 4.99 Å². The molecule has 0 saturated carbocycles. The van der Waals surface area contributed by atoms with Gasteiger partial charge in [0.15, 0.2) is 22.4 Å². The highest BCUT2D eigenvalue weighted by atomic mass is 32.2. The maximum atomic E-state index is 13.4. The van der Waals surface area contributed by atoms with Crippen LogP contribution in [-0.2, 0) is 4.79 Å². The van der Waals surface area contributed by atoms with E-state index in [-0.39, 0.29) is 39.6 Å². The Kier molecular flexibility index (Phi) is 8.82. The number of amidine groups is 1. The third-order valence-electron chi connectivity index (χ3n) is 5.48. The number of methoxy groups -OCH3 is 1. The highest BCUT2D eigenvalue weighted by molar-refractivity contribution is 8.14. The average Bonchev–Trinajstić information content (AvgIpc) is 3.24. The van der Waals surface area contributed by atoms with E-state index in [1.165, 1.54) is 48.4 Å². The van der Waals surface area contributed by atoms with Gasteiger partial charge in [-0.1, -0.05) is 17.8 Å². The van der Waals surface area contributed by atoms with Gasteiger partial charge in [0.25, 0.3) is 5.91 Å². The lowest BCUT2D eigenvalue weighted by Crippen LogP contribution is -2.30. The van der Waals surface area contributed by atoms with E-state index in [1.807, 2.05) is 0 Å². The number of alkyl halides is 2. The normalized spacial score (nSPS) is 14.1. The number of phenolic OH excluding ortho intramolecular Hbond substituents is 1. The van der Waals surface area contributed by atoms with Crippen molar-refractivity contribution < 1.29 is 37.7 Å². The molecular weight excluding hydrogens is 530 g/mol. The monoisotopic (exact) mass is 554 g/mol. The van der Waals surface area contributed by atoms with Crippen LogP contribution in [-0.4, -0.2) is 48.0 Å². The molecule has 1 heterocycles. The molecule has 1 aliphatic rings. The second-order valence-electron chi connectivity index (χ2n) is 8.04. The van der Waals surface area contributed by atoms with E-state index >= 15 is 0 Å². The number of hydrogen-bond acceptors (Lipinski definition) is 8. The summed E-state index contributed by atoms with van der Waals surface area (Å²) in [5, 5.41) is 10.2. The molecule has 3 aromatic rings. The fourth-order valence-corrected chi connectivity index (χ4v) is 4.54. The molecule has 0 aliphatic carbocycles. The number of hydrogen-bond donors (Lipinski definition) is 1. The first-order valence-electron chi connectivity index (χ1n) is 11.7. The molecule has 0 saturated heterocycles. The van der Waals surface area contributed by atoms with Crippen LogP contribution in [0.3, 0.4) is 0 Å². The molecule has 4 rings (SSSR count). The number of amides is 1. The highest BCUT2D eigenvalue weighted by Gasteiger charge is 2.32. The third-order valence-corrected chi connectivity index (χ3v) is 6.42. The zero-order valence-electron chi connectivity index (χ0n) is 21.0. The van der Waals surface area contributed by atoms with Crippen LogP contribution in [0.1, 0.15) is 22.8 Å². The first-order chi connectivity index (χ1) is 18.8. The topological polar surface area (TPSA) is 97.7 Å². The Morgan fingerprint density at radius 1 is 1.08 bits per heavy atom. The molecule has 1 aliphatic heterocycles. The maximum absolute atomic E-state index is 13.4. The van der Waals surface area contributed by atoms with Crippen molar-refractivity contribution in [3.05, 3.63) is 83.6 Å². The van der Waals surface area contributed by atoms with Crippen molar-refractivity contribution >= 4 is 40.4 Å². The predicted octanol–water partition coefficient (Wildman–Crippen LogP) is 5.76. The molecule has 0 radical (unpaired) electrons. The standard InChI is InChI=1S/C28H24F2N2O6S/c1-3-37-25-15-17(4-13-23(25)33)14-22-26(35)32(19-7-11-21(12-8-19)38-27(29)30)28(31-22)39-16-24(34)18-5-9-20(36-2)10-6-18/h4-15,27,33H,3,16H2,1-2H3/b22-14-. The second-order valence-corrected chi connectivity index (χ2v) is 8.98. The van der Waals surface area contributed by atoms with Crippen LogP contribution >= 0.6 is 11.8 Å². The van der Waals surface area contributed by atoms with Gasteiger partial charge in [-0.2, -0.15) is 8.78 Å². The van der Waals surface area contributed by atoms with Crippen molar-refractivity contribution in [2.45, 2.75) is 13.5 Å². The summed E-state index contributed by atoms with van der Waals surface area (Å²) in [4.78, 5) is 32.0. The lowest BCUT2D eigenvalue weighted by Gasteiger charge is -2.18. The Balaban J connectivity index is 1.63. The van der Waals surface area contributed by atoms with Crippen LogP contribution in [0.5, 0.6) is 23.0 Å². The number of aromatic hydroxyl groups is 1. The number of ether oxygens (including phenoxy) is 3. The number of carbonyl (C=O) groups is 2. The SMILES string of the molecule is CCOc1cc(/C=C2\N=C(SCC(=O)c3ccc(OC)cc3)N(c3ccc(OC(F)F)cc3)C2=O)ccc1O. The molecule has 3 aromatic carbocycles. The Labute approximate surface area is 227 Å². The van der Waals surface area contributed by atoms with Crippen LogP contribution in [0.2, 0.25) is 0 Å². The van der Waals surface area contributed by atoms with Gasteiger partial charge in [-0.3, -0.25) is 14.5 Å². The Morgan fingerprint density at radius 2 is 1.77 bits per heavy atom. The van der Waals surface area contributed by atoms with E-state index < -0.39 is 12.5 Å². The molecule has 1 amide bonds.